The van der Waals surface area contributed by atoms with Gasteiger partial charge >= 0.3 is 0 Å². The van der Waals surface area contributed by atoms with E-state index in [0.717, 1.165) is 5.69 Å². The van der Waals surface area contributed by atoms with Gasteiger partial charge in [0.15, 0.2) is 0 Å². The Bertz CT molecular complexity index is 554. The van der Waals surface area contributed by atoms with Crippen molar-refractivity contribution in [2.45, 2.75) is 20.0 Å². The second-order valence-electron chi connectivity index (χ2n) is 3.72. The molecule has 0 aliphatic heterocycles. The van der Waals surface area contributed by atoms with E-state index in [-0.39, 0.29) is 6.61 Å². The van der Waals surface area contributed by atoms with Gasteiger partial charge in [-0.15, -0.1) is 5.10 Å². The maximum absolute atomic E-state index is 9.22. The normalized spacial score (nSPS) is 10.7. The van der Waals surface area contributed by atoms with Crippen molar-refractivity contribution < 1.29 is 9.84 Å². The van der Waals surface area contributed by atoms with Gasteiger partial charge in [-0.3, -0.25) is 0 Å². The summed E-state index contributed by atoms with van der Waals surface area (Å²) in [5.41, 5.74) is 2.13. The molecule has 96 valence electrons. The Hall–Kier alpha value is -1.59. The number of aromatic nitrogens is 3. The molecule has 18 heavy (non-hydrogen) atoms. The molecule has 0 amide bonds. The Kier molecular flexibility index (Phi) is 3.84. The van der Waals surface area contributed by atoms with Gasteiger partial charge in [0.05, 0.1) is 19.4 Å². The third kappa shape index (κ3) is 2.19. The number of aliphatic hydroxyl groups is 1. The number of hydrogen-bond acceptors (Lipinski definition) is 4. The Morgan fingerprint density at radius 1 is 1.44 bits per heavy atom. The van der Waals surface area contributed by atoms with Crippen LogP contribution in [-0.4, -0.2) is 27.2 Å². The fourth-order valence-corrected chi connectivity index (χ4v) is 2.00. The van der Waals surface area contributed by atoms with Gasteiger partial charge < -0.3 is 9.84 Å². The van der Waals surface area contributed by atoms with Crippen molar-refractivity contribution in [3.8, 4) is 11.4 Å². The number of ether oxygens (including phenoxy) is 1. The SMILES string of the molecule is CCc1c(CO)nnn1-c1cc(Cl)ccc1OC. The summed E-state index contributed by atoms with van der Waals surface area (Å²) in [5, 5.41) is 17.8. The van der Waals surface area contributed by atoms with E-state index in [9.17, 15) is 5.11 Å². The van der Waals surface area contributed by atoms with Gasteiger partial charge in [-0.2, -0.15) is 0 Å². The second kappa shape index (κ2) is 5.37. The van der Waals surface area contributed by atoms with Crippen LogP contribution in [0.3, 0.4) is 0 Å². The molecule has 0 radical (unpaired) electrons. The highest BCUT2D eigenvalue weighted by molar-refractivity contribution is 6.30. The number of aliphatic hydroxyl groups excluding tert-OH is 1. The van der Waals surface area contributed by atoms with E-state index >= 15 is 0 Å². The fraction of sp³-hybridized carbons (Fsp3) is 0.333. The molecular weight excluding hydrogens is 254 g/mol. The Morgan fingerprint density at radius 3 is 2.83 bits per heavy atom. The third-order valence-electron chi connectivity index (χ3n) is 2.70. The minimum atomic E-state index is -0.133. The minimum absolute atomic E-state index is 0.133. The lowest BCUT2D eigenvalue weighted by atomic mass is 10.2. The van der Waals surface area contributed by atoms with Crippen molar-refractivity contribution in [3.63, 3.8) is 0 Å². The summed E-state index contributed by atoms with van der Waals surface area (Å²) in [6.07, 6.45) is 0.707. The van der Waals surface area contributed by atoms with Crippen molar-refractivity contribution in [1.29, 1.82) is 0 Å². The molecule has 0 fully saturated rings. The molecule has 0 unspecified atom stereocenters. The van der Waals surface area contributed by atoms with Crippen LogP contribution in [-0.2, 0) is 13.0 Å². The first-order valence-electron chi connectivity index (χ1n) is 5.59. The number of rotatable bonds is 4. The van der Waals surface area contributed by atoms with Gasteiger partial charge in [0.1, 0.15) is 17.1 Å². The molecule has 0 spiro atoms. The van der Waals surface area contributed by atoms with Gasteiger partial charge in [0, 0.05) is 5.02 Å². The lowest BCUT2D eigenvalue weighted by Gasteiger charge is -2.10. The third-order valence-corrected chi connectivity index (χ3v) is 2.93. The Morgan fingerprint density at radius 2 is 2.22 bits per heavy atom. The largest absolute Gasteiger partial charge is 0.494 e. The average Bonchev–Trinajstić information content (AvgIpc) is 2.81. The van der Waals surface area contributed by atoms with E-state index in [0.29, 0.717) is 28.6 Å². The van der Waals surface area contributed by atoms with Crippen LogP contribution in [0.25, 0.3) is 5.69 Å². The number of halogens is 1. The van der Waals surface area contributed by atoms with Crippen LogP contribution in [0.4, 0.5) is 0 Å². The molecule has 1 aromatic carbocycles. The van der Waals surface area contributed by atoms with E-state index in [2.05, 4.69) is 10.3 Å². The summed E-state index contributed by atoms with van der Waals surface area (Å²) in [5.74, 6) is 0.656. The van der Waals surface area contributed by atoms with E-state index in [1.807, 2.05) is 6.92 Å². The summed E-state index contributed by atoms with van der Waals surface area (Å²) >= 11 is 5.99. The first-order valence-corrected chi connectivity index (χ1v) is 5.97. The molecule has 1 heterocycles. The summed E-state index contributed by atoms with van der Waals surface area (Å²) in [6.45, 7) is 1.84. The highest BCUT2D eigenvalue weighted by atomic mass is 35.5. The molecular formula is C12H14ClN3O2. The molecule has 0 atom stereocenters. The molecule has 6 heteroatoms. The zero-order chi connectivity index (χ0) is 13.1. The zero-order valence-corrected chi connectivity index (χ0v) is 11.0. The van der Waals surface area contributed by atoms with Crippen LogP contribution in [0, 0.1) is 0 Å². The molecule has 0 saturated carbocycles. The number of methoxy groups -OCH3 is 1. The molecule has 2 aromatic rings. The molecule has 0 bridgehead atoms. The quantitative estimate of drug-likeness (QED) is 0.920. The molecule has 0 saturated heterocycles. The molecule has 0 aliphatic rings. The Balaban J connectivity index is 2.60. The summed E-state index contributed by atoms with van der Waals surface area (Å²) in [4.78, 5) is 0. The van der Waals surface area contributed by atoms with Crippen LogP contribution in [0.5, 0.6) is 5.75 Å². The predicted octanol–water partition coefficient (Wildman–Crippen LogP) is 1.98. The van der Waals surface area contributed by atoms with Crippen LogP contribution < -0.4 is 4.74 Å². The van der Waals surface area contributed by atoms with Crippen LogP contribution >= 0.6 is 11.6 Å². The molecule has 1 N–H and O–H groups in total. The maximum Gasteiger partial charge on any atom is 0.144 e. The molecule has 1 aromatic heterocycles. The van der Waals surface area contributed by atoms with E-state index in [4.69, 9.17) is 16.3 Å². The van der Waals surface area contributed by atoms with Crippen molar-refractivity contribution in [2.75, 3.05) is 7.11 Å². The second-order valence-corrected chi connectivity index (χ2v) is 4.16. The maximum atomic E-state index is 9.22. The fourth-order valence-electron chi connectivity index (χ4n) is 1.83. The number of benzene rings is 1. The topological polar surface area (TPSA) is 60.2 Å². The number of hydrogen-bond donors (Lipinski definition) is 1. The standard InChI is InChI=1S/C12H14ClN3O2/c1-3-10-9(7-17)14-15-16(10)11-6-8(13)4-5-12(11)18-2/h4-6,17H,3,7H2,1-2H3. The first-order chi connectivity index (χ1) is 8.71. The summed E-state index contributed by atoms with van der Waals surface area (Å²) < 4.78 is 6.94. The Labute approximate surface area is 110 Å². The lowest BCUT2D eigenvalue weighted by molar-refractivity contribution is 0.275. The molecule has 0 aliphatic carbocycles. The van der Waals surface area contributed by atoms with Crippen molar-refractivity contribution in [3.05, 3.63) is 34.6 Å². The highest BCUT2D eigenvalue weighted by Crippen LogP contribution is 2.27. The zero-order valence-electron chi connectivity index (χ0n) is 10.2. The van der Waals surface area contributed by atoms with E-state index in [1.54, 1.807) is 30.0 Å². The predicted molar refractivity (Wildman–Crippen MR) is 68.2 cm³/mol. The van der Waals surface area contributed by atoms with E-state index < -0.39 is 0 Å². The van der Waals surface area contributed by atoms with Crippen LogP contribution in [0.1, 0.15) is 18.3 Å². The lowest BCUT2D eigenvalue weighted by Crippen LogP contribution is -2.05. The van der Waals surface area contributed by atoms with Crippen LogP contribution in [0.2, 0.25) is 5.02 Å². The van der Waals surface area contributed by atoms with Gasteiger partial charge in [0.25, 0.3) is 0 Å². The minimum Gasteiger partial charge on any atom is -0.494 e. The number of nitrogens with zero attached hydrogens (tertiary/aromatic N) is 3. The van der Waals surface area contributed by atoms with Crippen LogP contribution in [0.15, 0.2) is 18.2 Å². The first kappa shape index (κ1) is 12.9. The summed E-state index contributed by atoms with van der Waals surface area (Å²) in [6, 6.07) is 5.28. The average molecular weight is 268 g/mol. The van der Waals surface area contributed by atoms with Crippen molar-refractivity contribution in [1.82, 2.24) is 15.0 Å². The van der Waals surface area contributed by atoms with Crippen molar-refractivity contribution >= 4 is 11.6 Å². The molecule has 2 rings (SSSR count). The molecule has 5 nitrogen and oxygen atoms in total. The van der Waals surface area contributed by atoms with Gasteiger partial charge in [-0.25, -0.2) is 4.68 Å². The van der Waals surface area contributed by atoms with Gasteiger partial charge in [-0.1, -0.05) is 23.7 Å². The summed E-state index contributed by atoms with van der Waals surface area (Å²) in [7, 11) is 1.59. The smallest absolute Gasteiger partial charge is 0.144 e. The highest BCUT2D eigenvalue weighted by Gasteiger charge is 2.15. The monoisotopic (exact) mass is 267 g/mol. The van der Waals surface area contributed by atoms with Gasteiger partial charge in [-0.05, 0) is 24.6 Å². The van der Waals surface area contributed by atoms with E-state index in [1.165, 1.54) is 0 Å². The van der Waals surface area contributed by atoms with Crippen molar-refractivity contribution in [2.24, 2.45) is 0 Å². The van der Waals surface area contributed by atoms with Gasteiger partial charge in [0.2, 0.25) is 0 Å².